The van der Waals surface area contributed by atoms with E-state index in [4.69, 9.17) is 16.3 Å². The van der Waals surface area contributed by atoms with Gasteiger partial charge in [-0.25, -0.2) is 4.98 Å². The SMILES string of the molecule is FC(F)(F)c1cc(Oc2cncc(Br)c2)nc(Cl)n1. The molecule has 0 aromatic carbocycles. The van der Waals surface area contributed by atoms with Gasteiger partial charge in [0.2, 0.25) is 11.2 Å². The van der Waals surface area contributed by atoms with Gasteiger partial charge in [0.05, 0.1) is 6.20 Å². The minimum Gasteiger partial charge on any atom is -0.437 e. The Balaban J connectivity index is 2.33. The number of hydrogen-bond acceptors (Lipinski definition) is 4. The van der Waals surface area contributed by atoms with Crippen molar-refractivity contribution in [2.24, 2.45) is 0 Å². The Morgan fingerprint density at radius 3 is 2.53 bits per heavy atom. The first-order chi connectivity index (χ1) is 8.84. The van der Waals surface area contributed by atoms with E-state index in [0.717, 1.165) is 0 Å². The number of aromatic nitrogens is 3. The van der Waals surface area contributed by atoms with E-state index in [-0.39, 0.29) is 11.6 Å². The molecule has 0 aliphatic carbocycles. The molecule has 0 bridgehead atoms. The van der Waals surface area contributed by atoms with E-state index in [1.807, 2.05) is 0 Å². The van der Waals surface area contributed by atoms with Crippen LogP contribution in [0.1, 0.15) is 5.69 Å². The predicted molar refractivity (Wildman–Crippen MR) is 64.1 cm³/mol. The van der Waals surface area contributed by atoms with Gasteiger partial charge in [0.1, 0.15) is 5.75 Å². The summed E-state index contributed by atoms with van der Waals surface area (Å²) in [5.74, 6) is -0.0931. The lowest BCUT2D eigenvalue weighted by molar-refractivity contribution is -0.141. The number of ether oxygens (including phenoxy) is 1. The van der Waals surface area contributed by atoms with Crippen LogP contribution in [0.5, 0.6) is 11.6 Å². The van der Waals surface area contributed by atoms with Crippen LogP contribution in [0.4, 0.5) is 13.2 Å². The van der Waals surface area contributed by atoms with Gasteiger partial charge in [0.25, 0.3) is 0 Å². The van der Waals surface area contributed by atoms with E-state index < -0.39 is 17.2 Å². The summed E-state index contributed by atoms with van der Waals surface area (Å²) in [5.41, 5.74) is -1.18. The summed E-state index contributed by atoms with van der Waals surface area (Å²) >= 11 is 8.58. The van der Waals surface area contributed by atoms with Crippen molar-refractivity contribution >= 4 is 27.5 Å². The summed E-state index contributed by atoms with van der Waals surface area (Å²) in [5, 5.41) is -0.548. The van der Waals surface area contributed by atoms with Gasteiger partial charge in [-0.3, -0.25) is 4.98 Å². The van der Waals surface area contributed by atoms with Gasteiger partial charge < -0.3 is 4.74 Å². The van der Waals surface area contributed by atoms with Gasteiger partial charge >= 0.3 is 6.18 Å². The monoisotopic (exact) mass is 353 g/mol. The first-order valence-corrected chi connectivity index (χ1v) is 5.92. The first-order valence-electron chi connectivity index (χ1n) is 4.75. The second-order valence-electron chi connectivity index (χ2n) is 3.30. The molecule has 0 aliphatic heterocycles. The van der Waals surface area contributed by atoms with Crippen LogP contribution >= 0.6 is 27.5 Å². The number of hydrogen-bond donors (Lipinski definition) is 0. The lowest BCUT2D eigenvalue weighted by Crippen LogP contribution is -2.09. The molecule has 0 atom stereocenters. The summed E-state index contributed by atoms with van der Waals surface area (Å²) in [6, 6.07) is 2.18. The van der Waals surface area contributed by atoms with Crippen LogP contribution in [0.25, 0.3) is 0 Å². The lowest BCUT2D eigenvalue weighted by atomic mass is 10.4. The Kier molecular flexibility index (Phi) is 3.91. The molecule has 0 fully saturated rings. The maximum atomic E-state index is 12.5. The largest absolute Gasteiger partial charge is 0.437 e. The number of halogens is 5. The summed E-state index contributed by atoms with van der Waals surface area (Å²) in [4.78, 5) is 10.5. The highest BCUT2D eigenvalue weighted by molar-refractivity contribution is 9.10. The Morgan fingerprint density at radius 2 is 1.89 bits per heavy atom. The van der Waals surface area contributed by atoms with Crippen molar-refractivity contribution in [2.45, 2.75) is 6.18 Å². The third-order valence-corrected chi connectivity index (χ3v) is 2.47. The first kappa shape index (κ1) is 14.0. The molecule has 19 heavy (non-hydrogen) atoms. The zero-order valence-corrected chi connectivity index (χ0v) is 11.3. The van der Waals surface area contributed by atoms with Gasteiger partial charge in [-0.1, -0.05) is 0 Å². The van der Waals surface area contributed by atoms with Crippen LogP contribution in [-0.2, 0) is 6.18 Å². The molecule has 0 amide bonds. The van der Waals surface area contributed by atoms with E-state index in [9.17, 15) is 13.2 Å². The molecule has 2 aromatic heterocycles. The number of nitrogens with zero attached hydrogens (tertiary/aromatic N) is 3. The van der Waals surface area contributed by atoms with Crippen LogP contribution < -0.4 is 4.74 Å². The fourth-order valence-corrected chi connectivity index (χ4v) is 1.68. The van der Waals surface area contributed by atoms with Gasteiger partial charge in [0.15, 0.2) is 5.69 Å². The molecule has 2 heterocycles. The zero-order chi connectivity index (χ0) is 14.0. The molecular formula is C10H4BrClF3N3O. The molecule has 2 aromatic rings. The molecule has 0 N–H and O–H groups in total. The van der Waals surface area contributed by atoms with E-state index >= 15 is 0 Å². The van der Waals surface area contributed by atoms with Crippen molar-refractivity contribution in [1.82, 2.24) is 15.0 Å². The van der Waals surface area contributed by atoms with E-state index in [0.29, 0.717) is 10.5 Å². The third-order valence-electron chi connectivity index (χ3n) is 1.87. The van der Waals surface area contributed by atoms with E-state index in [1.165, 1.54) is 18.5 Å². The average Bonchev–Trinajstić information content (AvgIpc) is 2.26. The highest BCUT2D eigenvalue weighted by Crippen LogP contribution is 2.31. The quantitative estimate of drug-likeness (QED) is 0.762. The third kappa shape index (κ3) is 3.77. The lowest BCUT2D eigenvalue weighted by Gasteiger charge is -2.09. The highest BCUT2D eigenvalue weighted by Gasteiger charge is 2.34. The molecular weight excluding hydrogens is 350 g/mol. The second-order valence-corrected chi connectivity index (χ2v) is 4.55. The molecule has 2 rings (SSSR count). The maximum absolute atomic E-state index is 12.5. The summed E-state index contributed by atoms with van der Waals surface area (Å²) in [7, 11) is 0. The van der Waals surface area contributed by atoms with Crippen LogP contribution in [0, 0.1) is 0 Å². The molecule has 0 aliphatic rings. The van der Waals surface area contributed by atoms with Crippen molar-refractivity contribution in [3.05, 3.63) is 40.0 Å². The summed E-state index contributed by atoms with van der Waals surface area (Å²) in [6.45, 7) is 0. The fourth-order valence-electron chi connectivity index (χ4n) is 1.16. The topological polar surface area (TPSA) is 47.9 Å². The Morgan fingerprint density at radius 1 is 1.16 bits per heavy atom. The van der Waals surface area contributed by atoms with Gasteiger partial charge in [-0.05, 0) is 33.6 Å². The predicted octanol–water partition coefficient (Wildman–Crippen LogP) is 4.10. The smallest absolute Gasteiger partial charge is 0.433 e. The van der Waals surface area contributed by atoms with Crippen LogP contribution in [-0.4, -0.2) is 15.0 Å². The Labute approximate surface area is 118 Å². The van der Waals surface area contributed by atoms with Crippen molar-refractivity contribution in [3.63, 3.8) is 0 Å². The normalized spacial score (nSPS) is 11.4. The van der Waals surface area contributed by atoms with Crippen molar-refractivity contribution in [2.75, 3.05) is 0 Å². The van der Waals surface area contributed by atoms with Crippen LogP contribution in [0.3, 0.4) is 0 Å². The number of alkyl halides is 3. The van der Waals surface area contributed by atoms with E-state index in [1.54, 1.807) is 0 Å². The minimum absolute atomic E-state index is 0.220. The Hall–Kier alpha value is -1.41. The van der Waals surface area contributed by atoms with Gasteiger partial charge in [0, 0.05) is 16.7 Å². The van der Waals surface area contributed by atoms with Crippen LogP contribution in [0.15, 0.2) is 29.0 Å². The van der Waals surface area contributed by atoms with Crippen molar-refractivity contribution < 1.29 is 17.9 Å². The molecule has 4 nitrogen and oxygen atoms in total. The number of rotatable bonds is 2. The molecule has 0 saturated heterocycles. The molecule has 100 valence electrons. The van der Waals surface area contributed by atoms with Crippen LogP contribution in [0.2, 0.25) is 5.28 Å². The average molecular weight is 355 g/mol. The van der Waals surface area contributed by atoms with Gasteiger partial charge in [-0.2, -0.15) is 18.2 Å². The highest BCUT2D eigenvalue weighted by atomic mass is 79.9. The molecule has 0 unspecified atom stereocenters. The summed E-state index contributed by atoms with van der Waals surface area (Å²) < 4.78 is 43.3. The molecule has 0 saturated carbocycles. The zero-order valence-electron chi connectivity index (χ0n) is 8.95. The molecule has 9 heteroatoms. The second kappa shape index (κ2) is 5.30. The molecule has 0 spiro atoms. The van der Waals surface area contributed by atoms with Crippen molar-refractivity contribution in [1.29, 1.82) is 0 Å². The minimum atomic E-state index is -4.62. The maximum Gasteiger partial charge on any atom is 0.433 e. The standard InChI is InChI=1S/C10H4BrClF3N3O/c11-5-1-6(4-16-3-5)19-8-2-7(10(13,14)15)17-9(12)18-8/h1-4H. The van der Waals surface area contributed by atoms with Gasteiger partial charge in [-0.15, -0.1) is 0 Å². The van der Waals surface area contributed by atoms with Crippen molar-refractivity contribution in [3.8, 4) is 11.6 Å². The fraction of sp³-hybridized carbons (Fsp3) is 0.100. The van der Waals surface area contributed by atoms with E-state index in [2.05, 4.69) is 30.9 Å². The Bertz CT molecular complexity index is 609. The number of pyridine rings is 1. The summed E-state index contributed by atoms with van der Waals surface area (Å²) in [6.07, 6.45) is -1.80. The molecule has 0 radical (unpaired) electrons.